The first-order valence-electron chi connectivity index (χ1n) is 10.7. The predicted octanol–water partition coefficient (Wildman–Crippen LogP) is 6.09. The Labute approximate surface area is 201 Å². The van der Waals surface area contributed by atoms with Crippen molar-refractivity contribution >= 4 is 34.0 Å². The third-order valence-electron chi connectivity index (χ3n) is 5.16. The maximum Gasteiger partial charge on any atom is 0.573 e. The van der Waals surface area contributed by atoms with E-state index < -0.39 is 17.2 Å². The molecule has 35 heavy (non-hydrogen) atoms. The number of ether oxygens (including phenoxy) is 1. The highest BCUT2D eigenvalue weighted by Crippen LogP contribution is 2.29. The number of hydrogen-bond acceptors (Lipinski definition) is 9. The Morgan fingerprint density at radius 3 is 2.46 bits per heavy atom. The summed E-state index contributed by atoms with van der Waals surface area (Å²) >= 11 is 0. The summed E-state index contributed by atoms with van der Waals surface area (Å²) in [5.41, 5.74) is 7.71. The molecule has 3 aromatic rings. The number of halogens is 3. The van der Waals surface area contributed by atoms with E-state index >= 15 is 0 Å². The van der Waals surface area contributed by atoms with Gasteiger partial charge in [0.1, 0.15) is 5.75 Å². The molecule has 0 aliphatic heterocycles. The van der Waals surface area contributed by atoms with Crippen molar-refractivity contribution in [2.75, 3.05) is 16.2 Å². The summed E-state index contributed by atoms with van der Waals surface area (Å²) in [6.45, 7) is 0. The Bertz CT molecular complexity index is 1240. The van der Waals surface area contributed by atoms with Gasteiger partial charge in [-0.1, -0.05) is 35.9 Å². The van der Waals surface area contributed by atoms with E-state index in [0.29, 0.717) is 34.4 Å². The van der Waals surface area contributed by atoms with Crippen LogP contribution < -0.4 is 20.9 Å². The first-order chi connectivity index (χ1) is 16.7. The van der Waals surface area contributed by atoms with Crippen molar-refractivity contribution in [3.05, 3.63) is 54.6 Å². The van der Waals surface area contributed by atoms with Crippen LogP contribution in [0.5, 0.6) is 5.75 Å². The van der Waals surface area contributed by atoms with Crippen molar-refractivity contribution < 1.29 is 26.7 Å². The fraction of sp³-hybridized carbons (Fsp3) is 0.273. The molecule has 4 rings (SSSR count). The molecule has 0 amide bonds. The van der Waals surface area contributed by atoms with Crippen molar-refractivity contribution in [2.24, 2.45) is 4.36 Å². The van der Waals surface area contributed by atoms with Gasteiger partial charge in [0.2, 0.25) is 5.95 Å². The van der Waals surface area contributed by atoms with Gasteiger partial charge in [0.15, 0.2) is 5.82 Å². The third-order valence-corrected chi connectivity index (χ3v) is 5.53. The summed E-state index contributed by atoms with van der Waals surface area (Å²) in [6, 6.07) is 13.8. The zero-order valence-electron chi connectivity index (χ0n) is 18.2. The van der Waals surface area contributed by atoms with Gasteiger partial charge in [-0.2, -0.15) is 4.98 Å². The number of anilines is 3. The Morgan fingerprint density at radius 1 is 1.03 bits per heavy atom. The van der Waals surface area contributed by atoms with Crippen LogP contribution in [0, 0.1) is 0 Å². The molecule has 13 heteroatoms. The molecule has 9 nitrogen and oxygen atoms in total. The van der Waals surface area contributed by atoms with Gasteiger partial charge < -0.3 is 23.2 Å². The number of nitrogens with one attached hydrogen (secondary N) is 3. The average molecular weight is 508 g/mol. The molecule has 186 valence electrons. The van der Waals surface area contributed by atoms with E-state index in [2.05, 4.69) is 35.2 Å². The van der Waals surface area contributed by atoms with Gasteiger partial charge in [-0.3, -0.25) is 10.9 Å². The summed E-state index contributed by atoms with van der Waals surface area (Å²) in [4.78, 5) is 8.98. The smallest absolute Gasteiger partial charge is 0.454 e. The van der Waals surface area contributed by atoms with E-state index in [1.165, 1.54) is 18.2 Å². The molecule has 0 unspecified atom stereocenters. The Balaban J connectivity index is 1.58. The van der Waals surface area contributed by atoms with Gasteiger partial charge >= 0.3 is 6.36 Å². The molecule has 1 heterocycles. The standard InChI is InChI=1S/C22H22F3N6O3S/c23-22(24,25)34-18-7-3-4-14(12-18)19-13-20(28-21(27-19)26-15-5-1-2-6-15)30-29-16-8-10-17(11-9-16)31-35(32)33/h3-4,7-13,15,29H,1-2,5-6H2,(H,31,32,33)(H2,26,27,28,30)/q-1. The minimum atomic E-state index is -4.80. The quantitative estimate of drug-likeness (QED) is 0.164. The molecular formula is C22H22F3N6O3S-. The van der Waals surface area contributed by atoms with Crippen LogP contribution in [0.25, 0.3) is 11.3 Å². The number of nitrogens with zero attached hydrogens (tertiary/aromatic N) is 3. The number of benzene rings is 2. The lowest BCUT2D eigenvalue weighted by Crippen LogP contribution is -2.18. The van der Waals surface area contributed by atoms with Crippen molar-refractivity contribution in [1.29, 1.82) is 0 Å². The molecular weight excluding hydrogens is 485 g/mol. The topological polar surface area (TPSA) is 121 Å². The van der Waals surface area contributed by atoms with Gasteiger partial charge in [-0.15, -0.1) is 13.2 Å². The van der Waals surface area contributed by atoms with Crippen LogP contribution in [0.2, 0.25) is 0 Å². The van der Waals surface area contributed by atoms with Gasteiger partial charge in [0, 0.05) is 23.4 Å². The first-order valence-corrected chi connectivity index (χ1v) is 11.8. The van der Waals surface area contributed by atoms with Crippen LogP contribution in [-0.2, 0) is 15.1 Å². The molecule has 2 aromatic carbocycles. The number of hydrogen-bond donors (Lipinski definition) is 4. The lowest BCUT2D eigenvalue weighted by Gasteiger charge is -2.16. The Morgan fingerprint density at radius 2 is 1.77 bits per heavy atom. The summed E-state index contributed by atoms with van der Waals surface area (Å²) in [6.07, 6.45) is -0.621. The van der Waals surface area contributed by atoms with Crippen LogP contribution in [0.3, 0.4) is 0 Å². The molecule has 0 bridgehead atoms. The SMILES string of the molecule is O=[S-](O)=Nc1ccc(NNc2cc(-c3cccc(OC(F)(F)F)c3)nc(NC3CCCC3)n2)cc1. The monoisotopic (exact) mass is 507 g/mol. The number of hydrazine groups is 1. The summed E-state index contributed by atoms with van der Waals surface area (Å²) in [7, 11) is -2.30. The van der Waals surface area contributed by atoms with Crippen LogP contribution in [0.15, 0.2) is 59.0 Å². The highest BCUT2D eigenvalue weighted by molar-refractivity contribution is 7.68. The van der Waals surface area contributed by atoms with Crippen molar-refractivity contribution in [3.8, 4) is 17.0 Å². The maximum atomic E-state index is 12.7. The Kier molecular flexibility index (Phi) is 7.56. The zero-order chi connectivity index (χ0) is 24.8. The van der Waals surface area contributed by atoms with Crippen molar-refractivity contribution in [2.45, 2.75) is 38.1 Å². The molecule has 1 saturated carbocycles. The largest absolute Gasteiger partial charge is 0.573 e. The van der Waals surface area contributed by atoms with Crippen LogP contribution in [0.4, 0.5) is 36.3 Å². The second-order valence-electron chi connectivity index (χ2n) is 7.78. The molecule has 1 aliphatic rings. The minimum absolute atomic E-state index is 0.222. The highest BCUT2D eigenvalue weighted by atomic mass is 32.2. The first kappa shape index (κ1) is 24.5. The van der Waals surface area contributed by atoms with Gasteiger partial charge in [0.05, 0.1) is 11.4 Å². The summed E-state index contributed by atoms with van der Waals surface area (Å²) < 4.78 is 65.2. The van der Waals surface area contributed by atoms with E-state index in [-0.39, 0.29) is 11.8 Å². The molecule has 4 N–H and O–H groups in total. The van der Waals surface area contributed by atoms with Crippen molar-refractivity contribution in [3.63, 3.8) is 0 Å². The fourth-order valence-corrected chi connectivity index (χ4v) is 3.96. The second-order valence-corrected chi connectivity index (χ2v) is 8.43. The van der Waals surface area contributed by atoms with Gasteiger partial charge in [-0.05, 0) is 49.2 Å². The van der Waals surface area contributed by atoms with E-state index in [4.69, 9.17) is 4.55 Å². The molecule has 0 saturated heterocycles. The number of aromatic nitrogens is 2. The molecule has 0 spiro atoms. The summed E-state index contributed by atoms with van der Waals surface area (Å²) in [5, 5.41) is 3.30. The predicted molar refractivity (Wildman–Crippen MR) is 126 cm³/mol. The van der Waals surface area contributed by atoms with E-state index in [9.17, 15) is 17.4 Å². The van der Waals surface area contributed by atoms with Crippen LogP contribution in [-0.4, -0.2) is 26.9 Å². The molecule has 0 radical (unpaired) electrons. The maximum absolute atomic E-state index is 12.7. The minimum Gasteiger partial charge on any atom is -0.454 e. The van der Waals surface area contributed by atoms with Crippen LogP contribution in [0.1, 0.15) is 25.7 Å². The Hall–Kier alpha value is -3.58. The average Bonchev–Trinajstić information content (AvgIpc) is 3.30. The molecule has 1 aromatic heterocycles. The van der Waals surface area contributed by atoms with E-state index in [1.807, 2.05) is 0 Å². The van der Waals surface area contributed by atoms with Crippen LogP contribution >= 0.6 is 0 Å². The van der Waals surface area contributed by atoms with Gasteiger partial charge in [-0.25, -0.2) is 4.98 Å². The normalized spacial score (nSPS) is 15.1. The lowest BCUT2D eigenvalue weighted by molar-refractivity contribution is -0.274. The fourth-order valence-electron chi connectivity index (χ4n) is 3.66. The third kappa shape index (κ3) is 7.45. The zero-order valence-corrected chi connectivity index (χ0v) is 19.1. The summed E-state index contributed by atoms with van der Waals surface area (Å²) in [5.74, 6) is 0.379. The lowest BCUT2D eigenvalue weighted by atomic mass is 10.1. The highest BCUT2D eigenvalue weighted by Gasteiger charge is 2.31. The second kappa shape index (κ2) is 10.8. The van der Waals surface area contributed by atoms with Crippen molar-refractivity contribution in [1.82, 2.24) is 9.97 Å². The molecule has 0 atom stereocenters. The number of rotatable bonds is 8. The van der Waals surface area contributed by atoms with E-state index in [1.54, 1.807) is 36.4 Å². The molecule has 1 aliphatic carbocycles. The van der Waals surface area contributed by atoms with Gasteiger partial charge in [0.25, 0.3) is 0 Å². The number of alkyl halides is 3. The molecule has 1 fully saturated rings. The van der Waals surface area contributed by atoms with E-state index in [0.717, 1.165) is 25.7 Å².